The Kier molecular flexibility index (Phi) is 7.17. The number of hydrogen-bond donors (Lipinski definition) is 2. The number of likely N-dealkylation sites (N-methyl/N-ethyl adjacent to an activating group) is 1. The van der Waals surface area contributed by atoms with Crippen molar-refractivity contribution in [2.24, 2.45) is 0 Å². The predicted molar refractivity (Wildman–Crippen MR) is 117 cm³/mol. The lowest BCUT2D eigenvalue weighted by atomic mass is 9.99. The monoisotopic (exact) mass is 427 g/mol. The van der Waals surface area contributed by atoms with Gasteiger partial charge in [-0.25, -0.2) is 0 Å². The summed E-state index contributed by atoms with van der Waals surface area (Å²) in [5.41, 5.74) is 0.493. The van der Waals surface area contributed by atoms with Gasteiger partial charge in [-0.15, -0.1) is 0 Å². The molecular weight excluding hydrogens is 396 g/mol. The molecule has 1 fully saturated rings. The third-order valence-electron chi connectivity index (χ3n) is 5.56. The largest absolute Gasteiger partial charge is 0.507 e. The molecule has 1 saturated heterocycles. The van der Waals surface area contributed by atoms with Gasteiger partial charge in [0.2, 0.25) is 0 Å². The van der Waals surface area contributed by atoms with Crippen molar-refractivity contribution < 1.29 is 28.7 Å². The molecule has 0 aliphatic carbocycles. The lowest BCUT2D eigenvalue weighted by Gasteiger charge is -2.25. The van der Waals surface area contributed by atoms with E-state index in [0.717, 1.165) is 13.1 Å². The maximum Gasteiger partial charge on any atom is 0.295 e. The number of ketones is 1. The summed E-state index contributed by atoms with van der Waals surface area (Å²) in [5.74, 6) is -0.411. The van der Waals surface area contributed by atoms with Crippen LogP contribution in [0.2, 0.25) is 0 Å². The number of carbonyl (C=O) groups is 2. The summed E-state index contributed by atoms with van der Waals surface area (Å²) < 4.78 is 11.2. The topological polar surface area (TPSA) is 84.4 Å². The highest BCUT2D eigenvalue weighted by Crippen LogP contribution is 2.39. The molecule has 1 aromatic heterocycles. The maximum absolute atomic E-state index is 13.0. The second-order valence-electron chi connectivity index (χ2n) is 7.91. The molecular formula is C24H31N2O5+. The Bertz CT molecular complexity index is 927. The number of nitrogens with one attached hydrogen (secondary N) is 1. The highest BCUT2D eigenvalue weighted by molar-refractivity contribution is 6.46. The first kappa shape index (κ1) is 22.6. The zero-order valence-corrected chi connectivity index (χ0v) is 18.6. The van der Waals surface area contributed by atoms with E-state index in [4.69, 9.17) is 9.15 Å². The fourth-order valence-corrected chi connectivity index (χ4v) is 3.85. The van der Waals surface area contributed by atoms with E-state index in [9.17, 15) is 14.7 Å². The van der Waals surface area contributed by atoms with E-state index in [1.165, 1.54) is 16.1 Å². The molecule has 1 aliphatic heterocycles. The fourth-order valence-electron chi connectivity index (χ4n) is 3.85. The van der Waals surface area contributed by atoms with Crippen LogP contribution in [0.15, 0.2) is 52.7 Å². The van der Waals surface area contributed by atoms with E-state index >= 15 is 0 Å². The minimum absolute atomic E-state index is 0.0247. The Morgan fingerprint density at radius 1 is 1.16 bits per heavy atom. The van der Waals surface area contributed by atoms with Gasteiger partial charge in [0.05, 0.1) is 44.1 Å². The SMILES string of the molecule is CC[NH+](CC)CCN1C(=O)C(=O)C(=C(O)c2ccc(OC(C)C)cc2)[C@H]1c1ccco1. The van der Waals surface area contributed by atoms with Crippen LogP contribution in [-0.4, -0.2) is 54.0 Å². The van der Waals surface area contributed by atoms with Crippen molar-refractivity contribution in [3.05, 3.63) is 59.6 Å². The van der Waals surface area contributed by atoms with Gasteiger partial charge in [0, 0.05) is 5.56 Å². The molecule has 1 atom stereocenters. The van der Waals surface area contributed by atoms with Crippen molar-refractivity contribution >= 4 is 17.4 Å². The van der Waals surface area contributed by atoms with Crippen LogP contribution in [0.25, 0.3) is 5.76 Å². The van der Waals surface area contributed by atoms with Gasteiger partial charge < -0.3 is 24.1 Å². The second-order valence-corrected chi connectivity index (χ2v) is 7.91. The summed E-state index contributed by atoms with van der Waals surface area (Å²) in [6, 6.07) is 9.51. The molecule has 1 aliphatic rings. The molecule has 0 unspecified atom stereocenters. The number of amides is 1. The molecule has 2 heterocycles. The highest BCUT2D eigenvalue weighted by Gasteiger charge is 2.47. The minimum atomic E-state index is -0.753. The zero-order valence-electron chi connectivity index (χ0n) is 18.6. The first-order valence-electron chi connectivity index (χ1n) is 10.8. The summed E-state index contributed by atoms with van der Waals surface area (Å²) in [6.07, 6.45) is 1.53. The molecule has 2 aromatic rings. The molecule has 0 radical (unpaired) electrons. The number of ether oxygens (including phenoxy) is 1. The molecule has 1 aromatic carbocycles. The van der Waals surface area contributed by atoms with Crippen LogP contribution in [0.3, 0.4) is 0 Å². The number of nitrogens with zero attached hydrogens (tertiary/aromatic N) is 1. The highest BCUT2D eigenvalue weighted by atomic mass is 16.5. The number of aliphatic hydroxyl groups is 1. The van der Waals surface area contributed by atoms with Crippen LogP contribution in [0, 0.1) is 0 Å². The van der Waals surface area contributed by atoms with Crippen molar-refractivity contribution in [2.45, 2.75) is 39.8 Å². The Labute approximate surface area is 182 Å². The smallest absolute Gasteiger partial charge is 0.295 e. The van der Waals surface area contributed by atoms with E-state index in [2.05, 4.69) is 13.8 Å². The predicted octanol–water partition coefficient (Wildman–Crippen LogP) is 2.41. The summed E-state index contributed by atoms with van der Waals surface area (Å²) in [7, 11) is 0. The van der Waals surface area contributed by atoms with Crippen LogP contribution in [0.1, 0.15) is 45.1 Å². The number of furan rings is 1. The summed E-state index contributed by atoms with van der Waals surface area (Å²) in [5, 5.41) is 11.0. The van der Waals surface area contributed by atoms with Gasteiger partial charge in [-0.2, -0.15) is 0 Å². The molecule has 166 valence electrons. The van der Waals surface area contributed by atoms with Crippen molar-refractivity contribution in [1.29, 1.82) is 0 Å². The molecule has 31 heavy (non-hydrogen) atoms. The van der Waals surface area contributed by atoms with Gasteiger partial charge in [-0.3, -0.25) is 9.59 Å². The van der Waals surface area contributed by atoms with Gasteiger partial charge in [0.15, 0.2) is 0 Å². The van der Waals surface area contributed by atoms with Gasteiger partial charge in [-0.1, -0.05) is 0 Å². The van der Waals surface area contributed by atoms with Crippen LogP contribution in [0.4, 0.5) is 0 Å². The van der Waals surface area contributed by atoms with E-state index in [0.29, 0.717) is 30.2 Å². The number of rotatable bonds is 9. The molecule has 0 saturated carbocycles. The second kappa shape index (κ2) is 9.83. The molecule has 7 nitrogen and oxygen atoms in total. The van der Waals surface area contributed by atoms with Crippen LogP contribution in [0.5, 0.6) is 5.75 Å². The van der Waals surface area contributed by atoms with Crippen molar-refractivity contribution in [3.63, 3.8) is 0 Å². The fraction of sp³-hybridized carbons (Fsp3) is 0.417. The summed E-state index contributed by atoms with van der Waals surface area (Å²) in [4.78, 5) is 28.7. The summed E-state index contributed by atoms with van der Waals surface area (Å²) >= 11 is 0. The van der Waals surface area contributed by atoms with Crippen molar-refractivity contribution in [2.75, 3.05) is 26.2 Å². The van der Waals surface area contributed by atoms with Gasteiger partial charge in [0.1, 0.15) is 23.3 Å². The molecule has 0 spiro atoms. The average Bonchev–Trinajstić information content (AvgIpc) is 3.36. The Balaban J connectivity index is 1.98. The van der Waals surface area contributed by atoms with Crippen molar-refractivity contribution in [3.8, 4) is 5.75 Å². The molecule has 3 rings (SSSR count). The number of hydrogen-bond acceptors (Lipinski definition) is 5. The number of aliphatic hydroxyl groups excluding tert-OH is 1. The number of benzene rings is 1. The van der Waals surface area contributed by atoms with E-state index in [1.807, 2.05) is 13.8 Å². The quantitative estimate of drug-likeness (QED) is 0.365. The maximum atomic E-state index is 13.0. The molecule has 1 amide bonds. The zero-order chi connectivity index (χ0) is 22.5. The lowest BCUT2D eigenvalue weighted by Crippen LogP contribution is -3.12. The number of quaternary nitrogens is 1. The average molecular weight is 428 g/mol. The van der Waals surface area contributed by atoms with E-state index in [-0.39, 0.29) is 17.4 Å². The third kappa shape index (κ3) is 4.82. The van der Waals surface area contributed by atoms with Crippen LogP contribution < -0.4 is 9.64 Å². The van der Waals surface area contributed by atoms with Crippen LogP contribution in [-0.2, 0) is 9.59 Å². The normalized spacial score (nSPS) is 18.4. The minimum Gasteiger partial charge on any atom is -0.507 e. The summed E-state index contributed by atoms with van der Waals surface area (Å²) in [6.45, 7) is 11.0. The van der Waals surface area contributed by atoms with Crippen molar-refractivity contribution in [1.82, 2.24) is 4.90 Å². The van der Waals surface area contributed by atoms with E-state index < -0.39 is 17.7 Å². The van der Waals surface area contributed by atoms with Gasteiger partial charge >= 0.3 is 0 Å². The van der Waals surface area contributed by atoms with Gasteiger partial charge in [0.25, 0.3) is 11.7 Å². The molecule has 0 bridgehead atoms. The first-order valence-corrected chi connectivity index (χ1v) is 10.8. The Hall–Kier alpha value is -3.06. The first-order chi connectivity index (χ1) is 14.9. The number of Topliss-reactive ketones (excluding diaryl/α,β-unsaturated/α-hetero) is 1. The lowest BCUT2D eigenvalue weighted by molar-refractivity contribution is -0.895. The standard InChI is InChI=1S/C24H30N2O5/c1-5-25(6-2)13-14-26-21(19-8-7-15-30-19)20(23(28)24(26)29)22(27)17-9-11-18(12-10-17)31-16(3)4/h7-12,15-16,21,27H,5-6,13-14H2,1-4H3/p+1/t21-/m1/s1. The molecule has 7 heteroatoms. The third-order valence-corrected chi connectivity index (χ3v) is 5.56. The Morgan fingerprint density at radius 3 is 2.39 bits per heavy atom. The number of carbonyl (C=O) groups excluding carboxylic acids is 2. The van der Waals surface area contributed by atoms with E-state index in [1.54, 1.807) is 36.4 Å². The Morgan fingerprint density at radius 2 is 1.84 bits per heavy atom. The number of likely N-dealkylation sites (tertiary alicyclic amines) is 1. The molecule has 2 N–H and O–H groups in total. The van der Waals surface area contributed by atoms with Crippen LogP contribution >= 0.6 is 0 Å². The van der Waals surface area contributed by atoms with Gasteiger partial charge in [-0.05, 0) is 64.1 Å².